The molecule has 1 aliphatic heterocycles. The fourth-order valence-corrected chi connectivity index (χ4v) is 3.47. The van der Waals surface area contributed by atoms with Crippen LogP contribution in [0, 0.1) is 6.92 Å². The molecule has 1 saturated heterocycles. The van der Waals surface area contributed by atoms with E-state index >= 15 is 0 Å². The molecule has 1 aromatic carbocycles. The van der Waals surface area contributed by atoms with Crippen LogP contribution in [0.15, 0.2) is 35.8 Å². The van der Waals surface area contributed by atoms with Gasteiger partial charge in [-0.15, -0.1) is 11.3 Å². The topological polar surface area (TPSA) is 24.9 Å². The second-order valence-electron chi connectivity index (χ2n) is 4.71. The van der Waals surface area contributed by atoms with Gasteiger partial charge in [-0.05, 0) is 25.5 Å². The normalized spacial score (nSPS) is 24.1. The Morgan fingerprint density at radius 1 is 1.29 bits per heavy atom. The molecule has 3 heteroatoms. The quantitative estimate of drug-likeness (QED) is 0.878. The van der Waals surface area contributed by atoms with Crippen LogP contribution in [0.2, 0.25) is 0 Å². The maximum atomic E-state index is 4.55. The van der Waals surface area contributed by atoms with Gasteiger partial charge < -0.3 is 5.32 Å². The number of nitrogens with zero attached hydrogens (tertiary/aromatic N) is 1. The first-order valence-electron chi connectivity index (χ1n) is 5.99. The van der Waals surface area contributed by atoms with E-state index in [0.29, 0.717) is 0 Å². The minimum absolute atomic E-state index is 0.0991. The number of rotatable bonds is 2. The van der Waals surface area contributed by atoms with Crippen molar-refractivity contribution in [3.8, 4) is 0 Å². The van der Waals surface area contributed by atoms with Gasteiger partial charge >= 0.3 is 0 Å². The Hall–Kier alpha value is -1.19. The highest BCUT2D eigenvalue weighted by Crippen LogP contribution is 2.38. The van der Waals surface area contributed by atoms with Gasteiger partial charge in [-0.25, -0.2) is 4.98 Å². The third-order valence-corrected chi connectivity index (χ3v) is 4.58. The molecule has 1 aliphatic rings. The van der Waals surface area contributed by atoms with Crippen LogP contribution in [-0.2, 0) is 5.41 Å². The Morgan fingerprint density at radius 2 is 2.12 bits per heavy atom. The summed E-state index contributed by atoms with van der Waals surface area (Å²) < 4.78 is 0. The zero-order valence-corrected chi connectivity index (χ0v) is 10.8. The molecular weight excluding hydrogens is 228 g/mol. The maximum absolute atomic E-state index is 4.55. The van der Waals surface area contributed by atoms with Crippen LogP contribution in [0.5, 0.6) is 0 Å². The molecule has 1 unspecified atom stereocenters. The smallest absolute Gasteiger partial charge is 0.104 e. The Bertz CT molecular complexity index is 481. The average Bonchev–Trinajstić information content (AvgIpc) is 3.01. The van der Waals surface area contributed by atoms with Crippen LogP contribution in [0.25, 0.3) is 0 Å². The molecule has 0 amide bonds. The third-order valence-electron chi connectivity index (χ3n) is 3.60. The molecule has 3 rings (SSSR count). The largest absolute Gasteiger partial charge is 0.315 e. The van der Waals surface area contributed by atoms with Crippen molar-refractivity contribution in [1.82, 2.24) is 10.3 Å². The van der Waals surface area contributed by atoms with Crippen LogP contribution in [-0.4, -0.2) is 18.1 Å². The Morgan fingerprint density at radius 3 is 2.71 bits per heavy atom. The molecule has 1 N–H and O–H groups in total. The van der Waals surface area contributed by atoms with Gasteiger partial charge in [-0.1, -0.05) is 29.8 Å². The van der Waals surface area contributed by atoms with Crippen molar-refractivity contribution >= 4 is 11.3 Å². The van der Waals surface area contributed by atoms with Gasteiger partial charge in [0.15, 0.2) is 0 Å². The SMILES string of the molecule is Cc1ccc(C2(c3nccs3)CCNC2)cc1. The maximum Gasteiger partial charge on any atom is 0.104 e. The van der Waals surface area contributed by atoms with Crippen molar-refractivity contribution < 1.29 is 0 Å². The van der Waals surface area contributed by atoms with Gasteiger partial charge in [0.1, 0.15) is 5.01 Å². The Balaban J connectivity index is 2.09. The highest BCUT2D eigenvalue weighted by atomic mass is 32.1. The summed E-state index contributed by atoms with van der Waals surface area (Å²) in [5.74, 6) is 0. The Kier molecular flexibility index (Phi) is 2.73. The zero-order chi connectivity index (χ0) is 11.7. The zero-order valence-electron chi connectivity index (χ0n) is 9.94. The van der Waals surface area contributed by atoms with Crippen molar-refractivity contribution in [2.45, 2.75) is 18.8 Å². The molecule has 1 fully saturated rings. The summed E-state index contributed by atoms with van der Waals surface area (Å²) in [5.41, 5.74) is 2.80. The number of benzene rings is 1. The molecule has 88 valence electrons. The van der Waals surface area contributed by atoms with E-state index < -0.39 is 0 Å². The van der Waals surface area contributed by atoms with Gasteiger partial charge in [0.2, 0.25) is 0 Å². The summed E-state index contributed by atoms with van der Waals surface area (Å²) in [6, 6.07) is 8.90. The molecule has 0 radical (unpaired) electrons. The predicted octanol–water partition coefficient (Wildman–Crippen LogP) is 2.73. The van der Waals surface area contributed by atoms with Crippen LogP contribution < -0.4 is 5.32 Å². The van der Waals surface area contributed by atoms with Crippen molar-refractivity contribution in [1.29, 1.82) is 0 Å². The number of hydrogen-bond donors (Lipinski definition) is 1. The first-order chi connectivity index (χ1) is 8.31. The fraction of sp³-hybridized carbons (Fsp3) is 0.357. The highest BCUT2D eigenvalue weighted by Gasteiger charge is 2.39. The number of hydrogen-bond acceptors (Lipinski definition) is 3. The molecule has 0 aliphatic carbocycles. The van der Waals surface area contributed by atoms with Crippen molar-refractivity contribution in [2.75, 3.05) is 13.1 Å². The van der Waals surface area contributed by atoms with E-state index in [2.05, 4.69) is 46.9 Å². The lowest BCUT2D eigenvalue weighted by molar-refractivity contribution is 0.566. The molecule has 1 atom stereocenters. The van der Waals surface area contributed by atoms with E-state index in [4.69, 9.17) is 0 Å². The minimum Gasteiger partial charge on any atom is -0.315 e. The first kappa shape index (κ1) is 10.9. The van der Waals surface area contributed by atoms with Crippen LogP contribution >= 0.6 is 11.3 Å². The molecule has 17 heavy (non-hydrogen) atoms. The van der Waals surface area contributed by atoms with Gasteiger partial charge in [0.05, 0.1) is 5.41 Å². The van der Waals surface area contributed by atoms with E-state index in [1.54, 1.807) is 11.3 Å². The molecule has 0 bridgehead atoms. The lowest BCUT2D eigenvalue weighted by Gasteiger charge is -2.26. The van der Waals surface area contributed by atoms with E-state index in [9.17, 15) is 0 Å². The highest BCUT2D eigenvalue weighted by molar-refractivity contribution is 7.09. The van der Waals surface area contributed by atoms with Crippen LogP contribution in [0.1, 0.15) is 22.6 Å². The molecule has 0 saturated carbocycles. The molecule has 1 aromatic heterocycles. The lowest BCUT2D eigenvalue weighted by atomic mass is 9.80. The van der Waals surface area contributed by atoms with Crippen LogP contribution in [0.4, 0.5) is 0 Å². The molecule has 0 spiro atoms. The number of aromatic nitrogens is 1. The summed E-state index contributed by atoms with van der Waals surface area (Å²) in [6.07, 6.45) is 3.05. The monoisotopic (exact) mass is 244 g/mol. The molecule has 2 heterocycles. The average molecular weight is 244 g/mol. The van der Waals surface area contributed by atoms with Gasteiger partial charge in [-0.3, -0.25) is 0 Å². The van der Waals surface area contributed by atoms with E-state index in [0.717, 1.165) is 19.5 Å². The first-order valence-corrected chi connectivity index (χ1v) is 6.87. The molecule has 2 aromatic rings. The molecule has 2 nitrogen and oxygen atoms in total. The predicted molar refractivity (Wildman–Crippen MR) is 71.6 cm³/mol. The number of nitrogens with one attached hydrogen (secondary N) is 1. The standard InChI is InChI=1S/C14H16N2S/c1-11-2-4-12(5-3-11)14(6-7-15-10-14)13-16-8-9-17-13/h2-5,8-9,15H,6-7,10H2,1H3. The minimum atomic E-state index is 0.0991. The van der Waals surface area contributed by atoms with Gasteiger partial charge in [-0.2, -0.15) is 0 Å². The summed E-state index contributed by atoms with van der Waals surface area (Å²) in [4.78, 5) is 4.55. The van der Waals surface area contributed by atoms with E-state index in [-0.39, 0.29) is 5.41 Å². The fourth-order valence-electron chi connectivity index (χ4n) is 2.58. The summed E-state index contributed by atoms with van der Waals surface area (Å²) in [6.45, 7) is 4.21. The van der Waals surface area contributed by atoms with Gasteiger partial charge in [0.25, 0.3) is 0 Å². The van der Waals surface area contributed by atoms with Gasteiger partial charge in [0, 0.05) is 18.1 Å². The Labute approximate surface area is 106 Å². The number of aryl methyl sites for hydroxylation is 1. The second-order valence-corrected chi connectivity index (χ2v) is 5.61. The van der Waals surface area contributed by atoms with Crippen molar-refractivity contribution in [3.63, 3.8) is 0 Å². The third kappa shape index (κ3) is 1.79. The van der Waals surface area contributed by atoms with Crippen molar-refractivity contribution in [2.24, 2.45) is 0 Å². The van der Waals surface area contributed by atoms with E-state index in [1.165, 1.54) is 16.1 Å². The second kappa shape index (κ2) is 4.24. The van der Waals surface area contributed by atoms with E-state index in [1.807, 2.05) is 6.20 Å². The summed E-state index contributed by atoms with van der Waals surface area (Å²) >= 11 is 1.77. The van der Waals surface area contributed by atoms with Crippen molar-refractivity contribution in [3.05, 3.63) is 52.0 Å². The lowest BCUT2D eigenvalue weighted by Crippen LogP contribution is -2.30. The summed E-state index contributed by atoms with van der Waals surface area (Å²) in [5, 5.41) is 6.80. The molecular formula is C14H16N2S. The van der Waals surface area contributed by atoms with Crippen LogP contribution in [0.3, 0.4) is 0 Å². The summed E-state index contributed by atoms with van der Waals surface area (Å²) in [7, 11) is 0. The number of thiazole rings is 1.